The second kappa shape index (κ2) is 4.54. The lowest BCUT2D eigenvalue weighted by molar-refractivity contribution is -0.384. The number of nitro groups is 1. The highest BCUT2D eigenvalue weighted by molar-refractivity contribution is 8.01. The zero-order chi connectivity index (χ0) is 12.6. The molecule has 1 aromatic rings. The number of carbonyl (C=O) groups excluding carboxylic acids is 1. The second-order valence-electron chi connectivity index (χ2n) is 3.63. The number of nitrogens with one attached hydrogen (secondary N) is 1. The number of nitrogens with zero attached hydrogens (tertiary/aromatic N) is 1. The molecule has 1 aliphatic heterocycles. The zero-order valence-electron chi connectivity index (χ0n) is 8.84. The highest BCUT2D eigenvalue weighted by Crippen LogP contribution is 2.37. The number of benzene rings is 1. The van der Waals surface area contributed by atoms with Crippen molar-refractivity contribution in [2.45, 2.75) is 17.5 Å². The highest BCUT2D eigenvalue weighted by Gasteiger charge is 2.31. The molecule has 1 aromatic carbocycles. The van der Waals surface area contributed by atoms with Crippen LogP contribution in [0.4, 0.5) is 5.69 Å². The fourth-order valence-electron chi connectivity index (χ4n) is 1.54. The molecule has 0 spiro atoms. The Hall–Kier alpha value is -1.27. The Balaban J connectivity index is 2.31. The van der Waals surface area contributed by atoms with Crippen molar-refractivity contribution in [2.75, 3.05) is 0 Å². The first-order valence-corrected chi connectivity index (χ1v) is 6.21. The van der Waals surface area contributed by atoms with Gasteiger partial charge in [-0.25, -0.2) is 0 Å². The summed E-state index contributed by atoms with van der Waals surface area (Å²) in [4.78, 5) is 21.6. The van der Waals surface area contributed by atoms with E-state index in [1.54, 1.807) is 13.0 Å². The maximum absolute atomic E-state index is 11.4. The average Bonchev–Trinajstić information content (AvgIpc) is 2.59. The number of rotatable bonds is 2. The molecule has 1 aliphatic rings. The van der Waals surface area contributed by atoms with Gasteiger partial charge in [0.1, 0.15) is 10.4 Å². The zero-order valence-corrected chi connectivity index (χ0v) is 10.4. The number of hydrogen-bond acceptors (Lipinski definition) is 4. The molecule has 0 radical (unpaired) electrons. The largest absolute Gasteiger partial charge is 0.339 e. The predicted octanol–water partition coefficient (Wildman–Crippen LogP) is 2.50. The molecule has 1 N–H and O–H groups in total. The van der Waals surface area contributed by atoms with E-state index in [0.29, 0.717) is 5.56 Å². The Morgan fingerprint density at radius 1 is 1.53 bits per heavy atom. The molecular formula is C10H9ClN2O3S. The van der Waals surface area contributed by atoms with Gasteiger partial charge in [-0.05, 0) is 18.6 Å². The lowest BCUT2D eigenvalue weighted by Gasteiger charge is -2.09. The van der Waals surface area contributed by atoms with E-state index in [1.807, 2.05) is 0 Å². The van der Waals surface area contributed by atoms with E-state index < -0.39 is 4.92 Å². The van der Waals surface area contributed by atoms with Crippen molar-refractivity contribution in [3.63, 3.8) is 0 Å². The van der Waals surface area contributed by atoms with Crippen molar-refractivity contribution < 1.29 is 9.72 Å². The van der Waals surface area contributed by atoms with E-state index in [4.69, 9.17) is 11.6 Å². The van der Waals surface area contributed by atoms with Crippen LogP contribution in [0.1, 0.15) is 17.9 Å². The summed E-state index contributed by atoms with van der Waals surface area (Å²) in [5.74, 6) is -0.0578. The summed E-state index contributed by atoms with van der Waals surface area (Å²) in [6.45, 7) is 1.80. The van der Waals surface area contributed by atoms with Crippen LogP contribution in [0, 0.1) is 10.1 Å². The molecule has 0 aromatic heterocycles. The SMILES string of the molecule is C[C@@H]1S[C@@H](c2ccc(Cl)c([N+](=O)[O-])c2)NC1=O. The van der Waals surface area contributed by atoms with Crippen LogP contribution in [-0.4, -0.2) is 16.1 Å². The number of nitro benzene ring substituents is 1. The lowest BCUT2D eigenvalue weighted by atomic mass is 10.2. The van der Waals surface area contributed by atoms with Crippen LogP contribution in [0.15, 0.2) is 18.2 Å². The topological polar surface area (TPSA) is 72.2 Å². The van der Waals surface area contributed by atoms with Crippen LogP contribution in [0.3, 0.4) is 0 Å². The van der Waals surface area contributed by atoms with Crippen LogP contribution in [0.5, 0.6) is 0 Å². The van der Waals surface area contributed by atoms with Crippen molar-refractivity contribution >= 4 is 35.0 Å². The molecule has 17 heavy (non-hydrogen) atoms. The lowest BCUT2D eigenvalue weighted by Crippen LogP contribution is -2.22. The number of halogens is 1. The molecule has 0 saturated carbocycles. The molecule has 0 unspecified atom stereocenters. The fraction of sp³-hybridized carbons (Fsp3) is 0.300. The van der Waals surface area contributed by atoms with Crippen molar-refractivity contribution in [1.29, 1.82) is 0 Å². The number of amides is 1. The van der Waals surface area contributed by atoms with Crippen LogP contribution < -0.4 is 5.32 Å². The Labute approximate surface area is 107 Å². The van der Waals surface area contributed by atoms with Crippen LogP contribution in [-0.2, 0) is 4.79 Å². The normalized spacial score (nSPS) is 23.5. The first-order chi connectivity index (χ1) is 7.99. The Morgan fingerprint density at radius 2 is 2.24 bits per heavy atom. The van der Waals surface area contributed by atoms with Crippen molar-refractivity contribution in [3.05, 3.63) is 38.9 Å². The van der Waals surface area contributed by atoms with Gasteiger partial charge in [-0.15, -0.1) is 11.8 Å². The van der Waals surface area contributed by atoms with Gasteiger partial charge in [0.25, 0.3) is 5.69 Å². The third kappa shape index (κ3) is 2.37. The molecule has 1 fully saturated rings. The minimum atomic E-state index is -0.531. The number of carbonyl (C=O) groups is 1. The van der Waals surface area contributed by atoms with Crippen LogP contribution >= 0.6 is 23.4 Å². The summed E-state index contributed by atoms with van der Waals surface area (Å²) in [7, 11) is 0. The van der Waals surface area contributed by atoms with Gasteiger partial charge in [-0.3, -0.25) is 14.9 Å². The first kappa shape index (κ1) is 12.2. The van der Waals surface area contributed by atoms with Crippen LogP contribution in [0.2, 0.25) is 5.02 Å². The monoisotopic (exact) mass is 272 g/mol. The molecule has 2 atom stereocenters. The summed E-state index contributed by atoms with van der Waals surface area (Å²) in [5.41, 5.74) is 0.544. The van der Waals surface area contributed by atoms with Gasteiger partial charge >= 0.3 is 0 Å². The van der Waals surface area contributed by atoms with E-state index >= 15 is 0 Å². The third-order valence-electron chi connectivity index (χ3n) is 2.45. The molecule has 1 amide bonds. The molecule has 7 heteroatoms. The maximum atomic E-state index is 11.4. The average molecular weight is 273 g/mol. The van der Waals surface area contributed by atoms with Gasteiger partial charge in [0, 0.05) is 6.07 Å². The molecule has 90 valence electrons. The minimum absolute atomic E-state index is 0.0578. The van der Waals surface area contributed by atoms with Gasteiger partial charge in [-0.1, -0.05) is 17.7 Å². The van der Waals surface area contributed by atoms with Crippen LogP contribution in [0.25, 0.3) is 0 Å². The minimum Gasteiger partial charge on any atom is -0.339 e. The van der Waals surface area contributed by atoms with Gasteiger partial charge in [-0.2, -0.15) is 0 Å². The van der Waals surface area contributed by atoms with E-state index in [-0.39, 0.29) is 27.2 Å². The van der Waals surface area contributed by atoms with E-state index in [1.165, 1.54) is 23.9 Å². The quantitative estimate of drug-likeness (QED) is 0.663. The smallest absolute Gasteiger partial charge is 0.288 e. The van der Waals surface area contributed by atoms with Crippen molar-refractivity contribution in [3.8, 4) is 0 Å². The molecule has 5 nitrogen and oxygen atoms in total. The maximum Gasteiger partial charge on any atom is 0.288 e. The van der Waals surface area contributed by atoms with Gasteiger partial charge in [0.2, 0.25) is 5.91 Å². The van der Waals surface area contributed by atoms with E-state index in [0.717, 1.165) is 0 Å². The second-order valence-corrected chi connectivity index (χ2v) is 5.49. The van der Waals surface area contributed by atoms with E-state index in [2.05, 4.69) is 5.32 Å². The van der Waals surface area contributed by atoms with Gasteiger partial charge < -0.3 is 5.32 Å². The predicted molar refractivity (Wildman–Crippen MR) is 66.0 cm³/mol. The summed E-state index contributed by atoms with van der Waals surface area (Å²) in [6, 6.07) is 4.56. The van der Waals surface area contributed by atoms with Gasteiger partial charge in [0.15, 0.2) is 0 Å². The summed E-state index contributed by atoms with van der Waals surface area (Å²) >= 11 is 7.15. The third-order valence-corrected chi connectivity index (χ3v) is 4.06. The molecule has 2 rings (SSSR count). The number of thioether (sulfide) groups is 1. The van der Waals surface area contributed by atoms with Crippen molar-refractivity contribution in [2.24, 2.45) is 0 Å². The Morgan fingerprint density at radius 3 is 2.76 bits per heavy atom. The molecule has 1 heterocycles. The molecule has 0 bridgehead atoms. The fourth-order valence-corrected chi connectivity index (χ4v) is 2.82. The summed E-state index contributed by atoms with van der Waals surface area (Å²) < 4.78 is 0. The summed E-state index contributed by atoms with van der Waals surface area (Å²) in [5, 5.41) is 13.2. The number of hydrogen-bond donors (Lipinski definition) is 1. The first-order valence-electron chi connectivity index (χ1n) is 4.88. The summed E-state index contributed by atoms with van der Waals surface area (Å²) in [6.07, 6.45) is 0. The van der Waals surface area contributed by atoms with Crippen molar-refractivity contribution in [1.82, 2.24) is 5.32 Å². The standard InChI is InChI=1S/C10H9ClN2O3S/c1-5-9(14)12-10(17-5)6-2-3-7(11)8(4-6)13(15)16/h2-5,10H,1H3,(H,12,14)/t5-,10-/m0/s1. The Bertz CT molecular complexity index is 494. The molecule has 1 saturated heterocycles. The van der Waals surface area contributed by atoms with E-state index in [9.17, 15) is 14.9 Å². The molecule has 0 aliphatic carbocycles. The highest BCUT2D eigenvalue weighted by atomic mass is 35.5. The van der Waals surface area contributed by atoms with Gasteiger partial charge in [0.05, 0.1) is 10.2 Å². The molecular weight excluding hydrogens is 264 g/mol. The Kier molecular flexibility index (Phi) is 3.26.